The van der Waals surface area contributed by atoms with E-state index in [1.165, 1.54) is 12.4 Å². The Kier molecular flexibility index (Phi) is 6.50. The minimum Gasteiger partial charge on any atom is -0.382 e. The van der Waals surface area contributed by atoms with Gasteiger partial charge < -0.3 is 20.9 Å². The van der Waals surface area contributed by atoms with Crippen LogP contribution in [-0.2, 0) is 14.8 Å². The molecule has 0 unspecified atom stereocenters. The smallest absolute Gasteiger partial charge is 0.256 e. The van der Waals surface area contributed by atoms with E-state index < -0.39 is 10.0 Å². The van der Waals surface area contributed by atoms with E-state index in [0.29, 0.717) is 60.2 Å². The molecule has 5 rings (SSSR count). The predicted octanol–water partition coefficient (Wildman–Crippen LogP) is 1.40. The van der Waals surface area contributed by atoms with Crippen LogP contribution in [0.15, 0.2) is 36.9 Å². The first kappa shape index (κ1) is 24.6. The second-order valence-electron chi connectivity index (χ2n) is 9.27. The van der Waals surface area contributed by atoms with E-state index >= 15 is 0 Å². The van der Waals surface area contributed by atoms with E-state index in [9.17, 15) is 13.2 Å². The normalized spacial score (nSPS) is 16.0. The van der Waals surface area contributed by atoms with Crippen LogP contribution in [0.25, 0.3) is 11.4 Å². The number of hydrogen-bond donors (Lipinski definition) is 4. The Morgan fingerprint density at radius 3 is 2.76 bits per heavy atom. The molecule has 2 fully saturated rings. The number of aromatic nitrogens is 5. The van der Waals surface area contributed by atoms with Gasteiger partial charge in [-0.25, -0.2) is 23.4 Å². The average molecular weight is 525 g/mol. The van der Waals surface area contributed by atoms with Crippen molar-refractivity contribution in [3.8, 4) is 11.4 Å². The van der Waals surface area contributed by atoms with Crippen LogP contribution in [0.1, 0.15) is 32.3 Å². The summed E-state index contributed by atoms with van der Waals surface area (Å²) in [4.78, 5) is 26.7. The fraction of sp³-hybridized carbons (Fsp3) is 0.391. The lowest BCUT2D eigenvalue weighted by atomic mass is 10.1. The third-order valence-electron chi connectivity index (χ3n) is 5.89. The number of nitrogens with zero attached hydrogens (tertiary/aromatic N) is 6. The molecule has 1 aliphatic carbocycles. The number of amidine groups is 1. The Morgan fingerprint density at radius 1 is 1.22 bits per heavy atom. The van der Waals surface area contributed by atoms with E-state index in [4.69, 9.17) is 5.41 Å². The van der Waals surface area contributed by atoms with Crippen LogP contribution in [0, 0.1) is 5.41 Å². The van der Waals surface area contributed by atoms with Crippen molar-refractivity contribution in [3.63, 3.8) is 0 Å². The minimum absolute atomic E-state index is 0.0977. The molecule has 0 aromatic carbocycles. The maximum atomic E-state index is 12.4. The van der Waals surface area contributed by atoms with Crippen LogP contribution in [-0.4, -0.2) is 80.1 Å². The van der Waals surface area contributed by atoms with E-state index in [1.54, 1.807) is 29.4 Å². The number of amides is 1. The van der Waals surface area contributed by atoms with Crippen molar-refractivity contribution in [3.05, 3.63) is 42.5 Å². The van der Waals surface area contributed by atoms with Gasteiger partial charge in [0.05, 0.1) is 41.0 Å². The van der Waals surface area contributed by atoms with Gasteiger partial charge in [-0.05, 0) is 32.8 Å². The van der Waals surface area contributed by atoms with Gasteiger partial charge in [-0.1, -0.05) is 0 Å². The number of carbonyl (C=O) groups is 1. The van der Waals surface area contributed by atoms with Crippen LogP contribution < -0.4 is 16.0 Å². The molecule has 0 spiro atoms. The first-order valence-corrected chi connectivity index (χ1v) is 13.5. The monoisotopic (exact) mass is 524 g/mol. The van der Waals surface area contributed by atoms with Crippen LogP contribution in [0.2, 0.25) is 0 Å². The SMILES string of the molecule is CC(C)Nc1cc(Nc2ccnc(-c3cnn(S(=O)(=O)C4CC4)c3)n2)ncc1C(=N)N1CCNC(=O)C1. The predicted molar refractivity (Wildman–Crippen MR) is 138 cm³/mol. The van der Waals surface area contributed by atoms with Gasteiger partial charge in [0, 0.05) is 37.6 Å². The molecule has 2 aliphatic rings. The third kappa shape index (κ3) is 5.38. The van der Waals surface area contributed by atoms with Crippen molar-refractivity contribution in [1.29, 1.82) is 5.41 Å². The Bertz CT molecular complexity index is 1450. The van der Waals surface area contributed by atoms with E-state index in [0.717, 1.165) is 4.09 Å². The number of nitrogens with one attached hydrogen (secondary N) is 4. The molecule has 14 heteroatoms. The molecule has 194 valence electrons. The van der Waals surface area contributed by atoms with Gasteiger partial charge in [-0.3, -0.25) is 10.2 Å². The maximum absolute atomic E-state index is 12.4. The standard InChI is InChI=1S/C23H28N10O3S/c1-14(2)29-18-9-20(27-11-17(18)22(24)32-8-7-25-21(34)13-32)30-19-5-6-26-23(31-19)15-10-28-33(12-15)37(35,36)16-3-4-16/h5-6,9-12,14,16,24H,3-4,7-8,13H2,1-2H3,(H,25,34)(H2,26,27,29,30,31). The molecule has 3 aromatic heterocycles. The fourth-order valence-corrected chi connectivity index (χ4v) is 5.40. The van der Waals surface area contributed by atoms with Gasteiger partial charge in [0.2, 0.25) is 5.91 Å². The van der Waals surface area contributed by atoms with Gasteiger partial charge in [-0.15, -0.1) is 0 Å². The second-order valence-corrected chi connectivity index (χ2v) is 11.3. The zero-order chi connectivity index (χ0) is 26.2. The molecule has 4 heterocycles. The van der Waals surface area contributed by atoms with Crippen LogP contribution >= 0.6 is 0 Å². The first-order valence-electron chi connectivity index (χ1n) is 12.0. The van der Waals surface area contributed by atoms with Crippen molar-refractivity contribution in [2.45, 2.75) is 38.0 Å². The third-order valence-corrected chi connectivity index (χ3v) is 7.93. The van der Waals surface area contributed by atoms with Crippen molar-refractivity contribution in [1.82, 2.24) is 34.4 Å². The highest BCUT2D eigenvalue weighted by Gasteiger charge is 2.37. The number of carbonyl (C=O) groups excluding carboxylic acids is 1. The highest BCUT2D eigenvalue weighted by molar-refractivity contribution is 7.90. The number of piperazine rings is 1. The summed E-state index contributed by atoms with van der Waals surface area (Å²) in [5, 5.41) is 21.6. The Morgan fingerprint density at radius 2 is 2.03 bits per heavy atom. The number of rotatable bonds is 8. The molecule has 1 saturated heterocycles. The zero-order valence-corrected chi connectivity index (χ0v) is 21.3. The van der Waals surface area contributed by atoms with Gasteiger partial charge in [0.1, 0.15) is 17.5 Å². The largest absolute Gasteiger partial charge is 0.382 e. The number of hydrogen-bond acceptors (Lipinski definition) is 10. The fourth-order valence-electron chi connectivity index (χ4n) is 3.92. The molecule has 1 amide bonds. The zero-order valence-electron chi connectivity index (χ0n) is 20.5. The number of pyridine rings is 1. The summed E-state index contributed by atoms with van der Waals surface area (Å²) in [5.74, 6) is 1.38. The van der Waals surface area contributed by atoms with Gasteiger partial charge in [0.15, 0.2) is 5.82 Å². The van der Waals surface area contributed by atoms with E-state index in [-0.39, 0.29) is 29.6 Å². The van der Waals surface area contributed by atoms with E-state index in [1.807, 2.05) is 13.8 Å². The quantitative estimate of drug-likeness (QED) is 0.249. The molecule has 1 aliphatic heterocycles. The number of anilines is 3. The van der Waals surface area contributed by atoms with Crippen molar-refractivity contribution < 1.29 is 13.2 Å². The van der Waals surface area contributed by atoms with Crippen molar-refractivity contribution >= 4 is 39.1 Å². The van der Waals surface area contributed by atoms with Crippen LogP contribution in [0.4, 0.5) is 17.3 Å². The highest BCUT2D eigenvalue weighted by atomic mass is 32.2. The molecular weight excluding hydrogens is 496 g/mol. The molecule has 37 heavy (non-hydrogen) atoms. The molecule has 0 bridgehead atoms. The molecule has 1 saturated carbocycles. The summed E-state index contributed by atoms with van der Waals surface area (Å²) in [7, 11) is -3.47. The first-order chi connectivity index (χ1) is 17.7. The van der Waals surface area contributed by atoms with Gasteiger partial charge in [-0.2, -0.15) is 9.19 Å². The van der Waals surface area contributed by atoms with Gasteiger partial charge in [0.25, 0.3) is 10.0 Å². The van der Waals surface area contributed by atoms with Crippen LogP contribution in [0.5, 0.6) is 0 Å². The van der Waals surface area contributed by atoms with Crippen molar-refractivity contribution in [2.75, 3.05) is 30.3 Å². The summed E-state index contributed by atoms with van der Waals surface area (Å²) in [6, 6.07) is 3.56. The summed E-state index contributed by atoms with van der Waals surface area (Å²) >= 11 is 0. The van der Waals surface area contributed by atoms with E-state index in [2.05, 4.69) is 36.0 Å². The minimum atomic E-state index is -3.47. The molecule has 4 N–H and O–H groups in total. The molecule has 3 aromatic rings. The molecule has 0 atom stereocenters. The average Bonchev–Trinajstić information content (AvgIpc) is 3.61. The Hall–Kier alpha value is -4.07. The lowest BCUT2D eigenvalue weighted by Gasteiger charge is -2.30. The summed E-state index contributed by atoms with van der Waals surface area (Å²) in [5.41, 5.74) is 1.77. The van der Waals surface area contributed by atoms with Crippen LogP contribution in [0.3, 0.4) is 0 Å². The van der Waals surface area contributed by atoms with Gasteiger partial charge >= 0.3 is 0 Å². The maximum Gasteiger partial charge on any atom is 0.256 e. The molecular formula is C23H28N10O3S. The Labute approximate surface area is 214 Å². The summed E-state index contributed by atoms with van der Waals surface area (Å²) in [6.45, 7) is 5.16. The summed E-state index contributed by atoms with van der Waals surface area (Å²) in [6.07, 6.45) is 7.33. The Balaban J connectivity index is 1.37. The van der Waals surface area contributed by atoms with Crippen molar-refractivity contribution in [2.24, 2.45) is 0 Å². The highest BCUT2D eigenvalue weighted by Crippen LogP contribution is 2.30. The molecule has 0 radical (unpaired) electrons. The summed E-state index contributed by atoms with van der Waals surface area (Å²) < 4.78 is 25.9. The molecule has 13 nitrogen and oxygen atoms in total. The second kappa shape index (κ2) is 9.76. The topological polar surface area (TPSA) is 171 Å². The lowest BCUT2D eigenvalue weighted by molar-refractivity contribution is -0.122. The lowest BCUT2D eigenvalue weighted by Crippen LogP contribution is -2.50.